The number of alkyl halides is 3. The fraction of sp³-hybridized carbons (Fsp3) is 0.559. The molecule has 43 heavy (non-hydrogen) atoms. The maximum absolute atomic E-state index is 14.0. The van der Waals surface area contributed by atoms with Gasteiger partial charge in [-0.15, -0.1) is 0 Å². The van der Waals surface area contributed by atoms with Crippen LogP contribution in [0.15, 0.2) is 51.7 Å². The van der Waals surface area contributed by atoms with Crippen LogP contribution in [0.3, 0.4) is 0 Å². The first-order chi connectivity index (χ1) is 20.6. The molecule has 0 aliphatic carbocycles. The van der Waals surface area contributed by atoms with E-state index >= 15 is 0 Å². The highest BCUT2D eigenvalue weighted by Gasteiger charge is 2.35. The average molecular weight is 621 g/mol. The topological polar surface area (TPSA) is 57.9 Å². The lowest BCUT2D eigenvalue weighted by Gasteiger charge is -2.25. The van der Waals surface area contributed by atoms with E-state index in [1.54, 1.807) is 24.3 Å². The normalized spacial score (nSPS) is 12.3. The van der Waals surface area contributed by atoms with Crippen molar-refractivity contribution in [3.05, 3.63) is 64.0 Å². The van der Waals surface area contributed by atoms with Gasteiger partial charge in [-0.2, -0.15) is 13.2 Å². The number of rotatable bonds is 19. The second-order valence-corrected chi connectivity index (χ2v) is 14.5. The predicted molar refractivity (Wildman–Crippen MR) is 169 cm³/mol. The zero-order valence-corrected chi connectivity index (χ0v) is 27.1. The maximum Gasteiger partial charge on any atom is 0.417 e. The van der Waals surface area contributed by atoms with Crippen LogP contribution in [0.5, 0.6) is 5.75 Å². The molecule has 5 nitrogen and oxygen atoms in total. The fourth-order valence-corrected chi connectivity index (χ4v) is 7.89. The second kappa shape index (κ2) is 17.0. The van der Waals surface area contributed by atoms with Gasteiger partial charge in [-0.1, -0.05) is 64.0 Å². The molecule has 2 aromatic carbocycles. The molecule has 0 N–H and O–H groups in total. The largest absolute Gasteiger partial charge is 0.493 e. The van der Waals surface area contributed by atoms with Gasteiger partial charge in [0.15, 0.2) is 0 Å². The van der Waals surface area contributed by atoms with Crippen LogP contribution in [0.2, 0.25) is 12.6 Å². The Kier molecular flexibility index (Phi) is 13.8. The molecule has 238 valence electrons. The highest BCUT2D eigenvalue weighted by molar-refractivity contribution is 6.66. The summed E-state index contributed by atoms with van der Waals surface area (Å²) in [7, 11) is -2.02. The molecule has 1 aromatic heterocycles. The highest BCUT2D eigenvalue weighted by atomic mass is 28.4. The van der Waals surface area contributed by atoms with E-state index in [0.717, 1.165) is 69.9 Å². The Bertz CT molecular complexity index is 1330. The lowest BCUT2D eigenvalue weighted by Crippen LogP contribution is -2.38. The van der Waals surface area contributed by atoms with E-state index in [0.29, 0.717) is 42.9 Å². The summed E-state index contributed by atoms with van der Waals surface area (Å²) in [6, 6.07) is 11.8. The molecule has 3 aromatic rings. The summed E-state index contributed by atoms with van der Waals surface area (Å²) in [6.45, 7) is 10.2. The van der Waals surface area contributed by atoms with Gasteiger partial charge >= 0.3 is 20.4 Å². The molecule has 0 amide bonds. The van der Waals surface area contributed by atoms with E-state index in [-0.39, 0.29) is 16.7 Å². The van der Waals surface area contributed by atoms with Crippen LogP contribution in [0.25, 0.3) is 22.1 Å². The average Bonchev–Trinajstić information content (AvgIpc) is 2.96. The van der Waals surface area contributed by atoms with Gasteiger partial charge in [0.25, 0.3) is 0 Å². The summed E-state index contributed by atoms with van der Waals surface area (Å²) < 4.78 is 65.1. The molecule has 0 saturated heterocycles. The molecular weight excluding hydrogens is 573 g/mol. The van der Waals surface area contributed by atoms with Crippen LogP contribution in [-0.2, 0) is 21.4 Å². The van der Waals surface area contributed by atoms with Crippen LogP contribution >= 0.6 is 0 Å². The van der Waals surface area contributed by atoms with Crippen molar-refractivity contribution in [3.8, 4) is 16.9 Å². The third-order valence-electron chi connectivity index (χ3n) is 7.65. The standard InChI is InChI=1S/C34H47F3O5Si/c1-5-8-13-16-26-17-20-29(31(23-26)34(35,36)37)30-24-27-18-19-28(25-32(27)42-33(30)38)39-21-14-11-9-10-12-15-22-43(4,40-6-2)41-7-3/h17-20,23-25H,5-16,21-22H2,1-4H3. The number of aryl methyl sites for hydroxylation is 1. The van der Waals surface area contributed by atoms with Gasteiger partial charge in [-0.3, -0.25) is 0 Å². The van der Waals surface area contributed by atoms with E-state index in [9.17, 15) is 18.0 Å². The van der Waals surface area contributed by atoms with Gasteiger partial charge < -0.3 is 18.0 Å². The van der Waals surface area contributed by atoms with E-state index in [1.165, 1.54) is 12.1 Å². The van der Waals surface area contributed by atoms with E-state index in [4.69, 9.17) is 18.0 Å². The number of fused-ring (bicyclic) bond motifs is 1. The van der Waals surface area contributed by atoms with Gasteiger partial charge in [0.1, 0.15) is 11.3 Å². The lowest BCUT2D eigenvalue weighted by atomic mass is 9.95. The summed E-state index contributed by atoms with van der Waals surface area (Å²) in [6.07, 6.45) is 5.24. The number of ether oxygens (including phenoxy) is 1. The number of unbranched alkanes of at least 4 members (excludes halogenated alkanes) is 7. The molecule has 0 radical (unpaired) electrons. The fourth-order valence-electron chi connectivity index (χ4n) is 5.41. The van der Waals surface area contributed by atoms with E-state index < -0.39 is 25.9 Å². The summed E-state index contributed by atoms with van der Waals surface area (Å²) in [5.74, 6) is 0.562. The smallest absolute Gasteiger partial charge is 0.417 e. The Labute approximate surface area is 255 Å². The van der Waals surface area contributed by atoms with Crippen LogP contribution < -0.4 is 10.4 Å². The molecular formula is C34H47F3O5Si. The summed E-state index contributed by atoms with van der Waals surface area (Å²) in [5.41, 5.74) is -0.992. The van der Waals surface area contributed by atoms with Crippen molar-refractivity contribution in [2.75, 3.05) is 19.8 Å². The van der Waals surface area contributed by atoms with E-state index in [1.807, 2.05) is 20.8 Å². The monoisotopic (exact) mass is 620 g/mol. The van der Waals surface area contributed by atoms with Gasteiger partial charge in [0.2, 0.25) is 0 Å². The van der Waals surface area contributed by atoms with Crippen LogP contribution in [-0.4, -0.2) is 28.4 Å². The molecule has 3 rings (SSSR count). The van der Waals surface area contributed by atoms with Crippen molar-refractivity contribution >= 4 is 19.5 Å². The Hall–Kier alpha value is -2.62. The van der Waals surface area contributed by atoms with Gasteiger partial charge in [-0.25, -0.2) is 4.79 Å². The molecule has 0 spiro atoms. The van der Waals surface area contributed by atoms with E-state index in [2.05, 4.69) is 6.55 Å². The molecule has 0 bridgehead atoms. The predicted octanol–water partition coefficient (Wildman–Crippen LogP) is 10.1. The quantitative estimate of drug-likeness (QED) is 0.0758. The third kappa shape index (κ3) is 10.8. The SMILES string of the molecule is CCCCCc1ccc(-c2cc3ccc(OCCCCCCCC[Si](C)(OCC)OCC)cc3oc2=O)c(C(F)(F)F)c1. The van der Waals surface area contributed by atoms with Crippen molar-refractivity contribution in [1.82, 2.24) is 0 Å². The molecule has 1 heterocycles. The highest BCUT2D eigenvalue weighted by Crippen LogP contribution is 2.38. The minimum atomic E-state index is -4.59. The van der Waals surface area contributed by atoms with Crippen molar-refractivity contribution < 1.29 is 31.2 Å². The van der Waals surface area contributed by atoms with Gasteiger partial charge in [0.05, 0.1) is 17.7 Å². The molecule has 0 unspecified atom stereocenters. The maximum atomic E-state index is 14.0. The first-order valence-corrected chi connectivity index (χ1v) is 18.3. The molecule has 0 fully saturated rings. The number of halogens is 3. The molecule has 0 atom stereocenters. The lowest BCUT2D eigenvalue weighted by molar-refractivity contribution is -0.137. The first kappa shape index (κ1) is 34.9. The molecule has 0 saturated carbocycles. The first-order valence-electron chi connectivity index (χ1n) is 15.8. The number of hydrogen-bond acceptors (Lipinski definition) is 5. The second-order valence-electron chi connectivity index (χ2n) is 11.2. The molecule has 9 heteroatoms. The van der Waals surface area contributed by atoms with Crippen LogP contribution in [0.1, 0.15) is 89.7 Å². The minimum Gasteiger partial charge on any atom is -0.493 e. The van der Waals surface area contributed by atoms with Gasteiger partial charge in [-0.05, 0) is 75.5 Å². The summed E-state index contributed by atoms with van der Waals surface area (Å²) in [4.78, 5) is 12.9. The number of benzene rings is 2. The van der Waals surface area contributed by atoms with Gasteiger partial charge in [0, 0.05) is 30.2 Å². The summed E-state index contributed by atoms with van der Waals surface area (Å²) in [5, 5.41) is 0.537. The van der Waals surface area contributed by atoms with Crippen molar-refractivity contribution in [1.29, 1.82) is 0 Å². The Morgan fingerprint density at radius 2 is 1.49 bits per heavy atom. The van der Waals surface area contributed by atoms with Crippen LogP contribution in [0, 0.1) is 0 Å². The minimum absolute atomic E-state index is 0.101. The summed E-state index contributed by atoms with van der Waals surface area (Å²) >= 11 is 0. The Morgan fingerprint density at radius 3 is 2.16 bits per heavy atom. The zero-order chi connectivity index (χ0) is 31.3. The van der Waals surface area contributed by atoms with Crippen molar-refractivity contribution in [3.63, 3.8) is 0 Å². The number of hydrogen-bond donors (Lipinski definition) is 0. The molecule has 0 aliphatic rings. The zero-order valence-electron chi connectivity index (χ0n) is 26.1. The molecule has 0 aliphatic heterocycles. The van der Waals surface area contributed by atoms with Crippen molar-refractivity contribution in [2.24, 2.45) is 0 Å². The Morgan fingerprint density at radius 1 is 0.791 bits per heavy atom. The van der Waals surface area contributed by atoms with Crippen molar-refractivity contribution in [2.45, 2.75) is 104 Å². The van der Waals surface area contributed by atoms with Crippen LogP contribution in [0.4, 0.5) is 13.2 Å². The third-order valence-corrected chi connectivity index (χ3v) is 10.7. The Balaban J connectivity index is 1.54.